The molecule has 0 aromatic heterocycles. The van der Waals surface area contributed by atoms with Crippen LogP contribution in [0.3, 0.4) is 0 Å². The lowest BCUT2D eigenvalue weighted by Gasteiger charge is -2.33. The molecule has 3 heterocycles. The van der Waals surface area contributed by atoms with E-state index in [1.54, 1.807) is 0 Å². The molecular weight excluding hydrogens is 176 g/mol. The maximum absolute atomic E-state index is 5.83. The van der Waals surface area contributed by atoms with Gasteiger partial charge >= 0.3 is 0 Å². The minimum atomic E-state index is 0.551. The fourth-order valence-electron chi connectivity index (χ4n) is 3.07. The summed E-state index contributed by atoms with van der Waals surface area (Å²) >= 11 is 0. The Hall–Kier alpha value is -0.120. The Balaban J connectivity index is 1.53. The van der Waals surface area contributed by atoms with E-state index in [1.807, 2.05) is 0 Å². The van der Waals surface area contributed by atoms with Crippen molar-refractivity contribution in [3.63, 3.8) is 0 Å². The van der Waals surface area contributed by atoms with Crippen molar-refractivity contribution in [3.8, 4) is 0 Å². The second kappa shape index (κ2) is 3.80. The zero-order valence-electron chi connectivity index (χ0n) is 8.74. The van der Waals surface area contributed by atoms with Crippen LogP contribution >= 0.6 is 0 Å². The van der Waals surface area contributed by atoms with Crippen LogP contribution in [0.2, 0.25) is 0 Å². The molecule has 0 aromatic carbocycles. The van der Waals surface area contributed by atoms with E-state index in [-0.39, 0.29) is 0 Å². The number of nitrogens with zero attached hydrogens (tertiary/aromatic N) is 1. The molecule has 3 atom stereocenters. The van der Waals surface area contributed by atoms with Crippen molar-refractivity contribution in [2.75, 3.05) is 26.2 Å². The Kier molecular flexibility index (Phi) is 2.48. The van der Waals surface area contributed by atoms with Crippen molar-refractivity contribution in [2.24, 2.45) is 0 Å². The number of rotatable bonds is 2. The SMILES string of the molecule is C1CN[C@H](CN2CC3CCC(C2)O3)C1. The fraction of sp³-hybridized carbons (Fsp3) is 1.00. The quantitative estimate of drug-likeness (QED) is 0.700. The third-order valence-corrected chi connectivity index (χ3v) is 3.76. The Morgan fingerprint density at radius 3 is 2.57 bits per heavy atom. The molecule has 3 aliphatic rings. The van der Waals surface area contributed by atoms with Gasteiger partial charge in [0.25, 0.3) is 0 Å². The average molecular weight is 196 g/mol. The van der Waals surface area contributed by atoms with Gasteiger partial charge in [0.1, 0.15) is 0 Å². The second-order valence-corrected chi connectivity index (χ2v) is 4.97. The highest BCUT2D eigenvalue weighted by Gasteiger charge is 2.34. The molecule has 14 heavy (non-hydrogen) atoms. The third-order valence-electron chi connectivity index (χ3n) is 3.76. The monoisotopic (exact) mass is 196 g/mol. The summed E-state index contributed by atoms with van der Waals surface area (Å²) in [6.07, 6.45) is 6.41. The van der Waals surface area contributed by atoms with Crippen LogP contribution in [0.5, 0.6) is 0 Å². The minimum absolute atomic E-state index is 0.551. The standard InChI is InChI=1S/C11H20N2O/c1-2-9(12-5-1)6-13-7-10-3-4-11(8-13)14-10/h9-12H,1-8H2/t9-,10?,11?/m0/s1. The van der Waals surface area contributed by atoms with Crippen molar-refractivity contribution in [2.45, 2.75) is 43.9 Å². The maximum atomic E-state index is 5.83. The highest BCUT2D eigenvalue weighted by atomic mass is 16.5. The number of nitrogens with one attached hydrogen (secondary N) is 1. The molecule has 0 spiro atoms. The first-order valence-corrected chi connectivity index (χ1v) is 6.01. The Bertz CT molecular complexity index is 191. The number of morpholine rings is 1. The summed E-state index contributed by atoms with van der Waals surface area (Å²) in [4.78, 5) is 2.61. The van der Waals surface area contributed by atoms with Crippen molar-refractivity contribution in [1.29, 1.82) is 0 Å². The first kappa shape index (κ1) is 9.13. The first-order chi connectivity index (χ1) is 6.90. The van der Waals surface area contributed by atoms with Crippen LogP contribution in [-0.2, 0) is 4.74 Å². The summed E-state index contributed by atoms with van der Waals surface area (Å²) < 4.78 is 5.83. The van der Waals surface area contributed by atoms with Crippen molar-refractivity contribution in [3.05, 3.63) is 0 Å². The van der Waals surface area contributed by atoms with E-state index in [1.165, 1.54) is 51.9 Å². The van der Waals surface area contributed by atoms with Gasteiger partial charge in [-0.1, -0.05) is 0 Å². The van der Waals surface area contributed by atoms with Gasteiger partial charge in [0, 0.05) is 25.7 Å². The molecule has 3 saturated heterocycles. The molecule has 0 aromatic rings. The summed E-state index contributed by atoms with van der Waals surface area (Å²) in [5.74, 6) is 0. The molecule has 0 radical (unpaired) electrons. The molecule has 1 N–H and O–H groups in total. The average Bonchev–Trinajstić information content (AvgIpc) is 2.77. The number of hydrogen-bond donors (Lipinski definition) is 1. The second-order valence-electron chi connectivity index (χ2n) is 4.97. The number of fused-ring (bicyclic) bond motifs is 2. The van der Waals surface area contributed by atoms with E-state index >= 15 is 0 Å². The lowest BCUT2D eigenvalue weighted by molar-refractivity contribution is -0.0401. The molecule has 3 fully saturated rings. The van der Waals surface area contributed by atoms with E-state index in [0.29, 0.717) is 12.2 Å². The number of ether oxygens (including phenoxy) is 1. The lowest BCUT2D eigenvalue weighted by Crippen LogP contribution is -2.47. The van der Waals surface area contributed by atoms with Crippen LogP contribution < -0.4 is 5.32 Å². The van der Waals surface area contributed by atoms with E-state index in [9.17, 15) is 0 Å². The van der Waals surface area contributed by atoms with Crippen LogP contribution in [0.1, 0.15) is 25.7 Å². The van der Waals surface area contributed by atoms with Gasteiger partial charge < -0.3 is 10.1 Å². The van der Waals surface area contributed by atoms with Gasteiger partial charge in [-0.3, -0.25) is 4.90 Å². The molecule has 0 amide bonds. The molecule has 2 bridgehead atoms. The predicted molar refractivity (Wildman–Crippen MR) is 55.4 cm³/mol. The Labute approximate surface area is 85.8 Å². The highest BCUT2D eigenvalue weighted by molar-refractivity contribution is 4.87. The van der Waals surface area contributed by atoms with Crippen molar-refractivity contribution < 1.29 is 4.74 Å². The zero-order valence-corrected chi connectivity index (χ0v) is 8.74. The zero-order chi connectivity index (χ0) is 9.38. The molecule has 3 rings (SSSR count). The van der Waals surface area contributed by atoms with Crippen LogP contribution in [0.4, 0.5) is 0 Å². The van der Waals surface area contributed by atoms with E-state index in [0.717, 1.165) is 6.04 Å². The molecule has 3 heteroatoms. The summed E-state index contributed by atoms with van der Waals surface area (Å²) in [6.45, 7) is 4.82. The number of hydrogen-bond acceptors (Lipinski definition) is 3. The van der Waals surface area contributed by atoms with Crippen LogP contribution in [-0.4, -0.2) is 49.3 Å². The summed E-state index contributed by atoms with van der Waals surface area (Å²) in [6, 6.07) is 0.757. The Morgan fingerprint density at radius 2 is 1.93 bits per heavy atom. The predicted octanol–water partition coefficient (Wildman–Crippen LogP) is 0.602. The van der Waals surface area contributed by atoms with Gasteiger partial charge in [0.15, 0.2) is 0 Å². The molecule has 3 aliphatic heterocycles. The highest BCUT2D eigenvalue weighted by Crippen LogP contribution is 2.26. The van der Waals surface area contributed by atoms with E-state index in [2.05, 4.69) is 10.2 Å². The van der Waals surface area contributed by atoms with Gasteiger partial charge in [-0.05, 0) is 32.2 Å². The van der Waals surface area contributed by atoms with Crippen LogP contribution in [0.15, 0.2) is 0 Å². The molecule has 3 nitrogen and oxygen atoms in total. The number of likely N-dealkylation sites (tertiary alicyclic amines) is 1. The van der Waals surface area contributed by atoms with Gasteiger partial charge in [0.05, 0.1) is 12.2 Å². The summed E-state index contributed by atoms with van der Waals surface area (Å²) in [7, 11) is 0. The summed E-state index contributed by atoms with van der Waals surface area (Å²) in [5, 5.41) is 3.57. The third kappa shape index (κ3) is 1.81. The largest absolute Gasteiger partial charge is 0.372 e. The van der Waals surface area contributed by atoms with Gasteiger partial charge in [-0.2, -0.15) is 0 Å². The normalized spacial score (nSPS) is 43.3. The van der Waals surface area contributed by atoms with E-state index in [4.69, 9.17) is 4.74 Å². The van der Waals surface area contributed by atoms with Crippen molar-refractivity contribution >= 4 is 0 Å². The molecule has 0 saturated carbocycles. The smallest absolute Gasteiger partial charge is 0.0707 e. The fourth-order valence-corrected chi connectivity index (χ4v) is 3.07. The summed E-state index contributed by atoms with van der Waals surface area (Å²) in [5.41, 5.74) is 0. The topological polar surface area (TPSA) is 24.5 Å². The van der Waals surface area contributed by atoms with E-state index < -0.39 is 0 Å². The van der Waals surface area contributed by atoms with Crippen molar-refractivity contribution in [1.82, 2.24) is 10.2 Å². The molecule has 0 aliphatic carbocycles. The Morgan fingerprint density at radius 1 is 1.14 bits per heavy atom. The molecule has 80 valence electrons. The van der Waals surface area contributed by atoms with Crippen LogP contribution in [0.25, 0.3) is 0 Å². The van der Waals surface area contributed by atoms with Crippen LogP contribution in [0, 0.1) is 0 Å². The molecular formula is C11H20N2O. The lowest BCUT2D eigenvalue weighted by atomic mass is 10.2. The maximum Gasteiger partial charge on any atom is 0.0707 e. The van der Waals surface area contributed by atoms with Gasteiger partial charge in [-0.25, -0.2) is 0 Å². The van der Waals surface area contributed by atoms with Gasteiger partial charge in [-0.15, -0.1) is 0 Å². The minimum Gasteiger partial charge on any atom is -0.372 e. The first-order valence-electron chi connectivity index (χ1n) is 6.01. The van der Waals surface area contributed by atoms with Gasteiger partial charge in [0.2, 0.25) is 0 Å². The molecule has 2 unspecified atom stereocenters.